The van der Waals surface area contributed by atoms with Crippen molar-refractivity contribution < 1.29 is 0 Å². The molecule has 3 rings (SSSR count). The van der Waals surface area contributed by atoms with Crippen LogP contribution in [0.1, 0.15) is 59.3 Å². The minimum absolute atomic E-state index is 0.191. The van der Waals surface area contributed by atoms with Crippen LogP contribution in [-0.2, 0) is 0 Å². The van der Waals surface area contributed by atoms with E-state index in [-0.39, 0.29) is 6.04 Å². The first kappa shape index (κ1) is 14.2. The number of hydrogen-bond acceptors (Lipinski definition) is 3. The summed E-state index contributed by atoms with van der Waals surface area (Å²) in [5.41, 5.74) is 6.09. The Labute approximate surface area is 126 Å². The van der Waals surface area contributed by atoms with E-state index in [2.05, 4.69) is 45.8 Å². The molecule has 3 nitrogen and oxygen atoms in total. The van der Waals surface area contributed by atoms with Gasteiger partial charge in [-0.15, -0.1) is 0 Å². The van der Waals surface area contributed by atoms with E-state index in [1.807, 2.05) is 20.9 Å². The molecular formula is C18H23N3. The smallest absolute Gasteiger partial charge is 0.0651 e. The molecule has 0 bridgehead atoms. The molecule has 2 aromatic rings. The third-order valence-electron chi connectivity index (χ3n) is 4.59. The molecule has 110 valence electrons. The minimum atomic E-state index is 0.191. The van der Waals surface area contributed by atoms with Crippen molar-refractivity contribution in [2.24, 2.45) is 0 Å². The quantitative estimate of drug-likeness (QED) is 0.929. The van der Waals surface area contributed by atoms with Crippen LogP contribution in [0, 0.1) is 13.8 Å². The highest BCUT2D eigenvalue weighted by Gasteiger charge is 2.26. The predicted octanol–water partition coefficient (Wildman–Crippen LogP) is 3.67. The fourth-order valence-electron chi connectivity index (χ4n) is 3.21. The van der Waals surface area contributed by atoms with E-state index >= 15 is 0 Å². The molecule has 0 amide bonds. The van der Waals surface area contributed by atoms with Gasteiger partial charge in [-0.3, -0.25) is 0 Å². The van der Waals surface area contributed by atoms with Crippen LogP contribution in [-0.4, -0.2) is 17.2 Å². The molecule has 0 saturated heterocycles. The van der Waals surface area contributed by atoms with Gasteiger partial charge in [-0.05, 0) is 62.4 Å². The Kier molecular flexibility index (Phi) is 4.02. The Hall–Kier alpha value is -1.74. The summed E-state index contributed by atoms with van der Waals surface area (Å²) in [5.74, 6) is 0.730. The average molecular weight is 281 g/mol. The molecule has 1 heterocycles. The second kappa shape index (κ2) is 5.94. The molecule has 0 aliphatic heterocycles. The maximum Gasteiger partial charge on any atom is 0.0651 e. The highest BCUT2D eigenvalue weighted by Crippen LogP contribution is 2.40. The number of nitrogens with one attached hydrogen (secondary N) is 1. The summed E-state index contributed by atoms with van der Waals surface area (Å²) in [4.78, 5) is 0. The number of rotatable bonds is 4. The molecule has 1 atom stereocenters. The Balaban J connectivity index is 2.06. The van der Waals surface area contributed by atoms with Gasteiger partial charge in [-0.25, -0.2) is 0 Å². The molecule has 1 aromatic heterocycles. The summed E-state index contributed by atoms with van der Waals surface area (Å²) < 4.78 is 0. The number of aromatic nitrogens is 2. The third kappa shape index (κ3) is 2.70. The molecule has 3 heteroatoms. The zero-order valence-electron chi connectivity index (χ0n) is 13.1. The SMILES string of the molecule is CNC(c1ccccc1C1CCC1)c1cc(C)nnc1C. The van der Waals surface area contributed by atoms with E-state index in [1.54, 1.807) is 0 Å². The van der Waals surface area contributed by atoms with Crippen LogP contribution in [0.25, 0.3) is 0 Å². The maximum absolute atomic E-state index is 4.29. The molecule has 0 spiro atoms. The summed E-state index contributed by atoms with van der Waals surface area (Å²) in [5, 5.41) is 11.9. The molecule has 1 aliphatic rings. The molecule has 0 radical (unpaired) electrons. The lowest BCUT2D eigenvalue weighted by molar-refractivity contribution is 0.415. The first-order valence-electron chi connectivity index (χ1n) is 7.77. The Morgan fingerprint density at radius 2 is 1.86 bits per heavy atom. The second-order valence-corrected chi connectivity index (χ2v) is 6.00. The molecule has 1 aromatic carbocycles. The van der Waals surface area contributed by atoms with Gasteiger partial charge in [0.1, 0.15) is 0 Å². The average Bonchev–Trinajstić information content (AvgIpc) is 2.43. The van der Waals surface area contributed by atoms with Gasteiger partial charge in [0.15, 0.2) is 0 Å². The zero-order valence-corrected chi connectivity index (χ0v) is 13.1. The Morgan fingerprint density at radius 1 is 1.10 bits per heavy atom. The van der Waals surface area contributed by atoms with Crippen LogP contribution in [0.3, 0.4) is 0 Å². The van der Waals surface area contributed by atoms with Crippen molar-refractivity contribution >= 4 is 0 Å². The van der Waals surface area contributed by atoms with E-state index in [1.165, 1.54) is 36.0 Å². The molecule has 1 unspecified atom stereocenters. The van der Waals surface area contributed by atoms with Crippen LogP contribution < -0.4 is 5.32 Å². The predicted molar refractivity (Wildman–Crippen MR) is 85.4 cm³/mol. The van der Waals surface area contributed by atoms with Crippen molar-refractivity contribution in [1.82, 2.24) is 15.5 Å². The van der Waals surface area contributed by atoms with Gasteiger partial charge in [-0.2, -0.15) is 10.2 Å². The number of nitrogens with zero attached hydrogens (tertiary/aromatic N) is 2. The van der Waals surface area contributed by atoms with Crippen molar-refractivity contribution in [2.75, 3.05) is 7.05 Å². The summed E-state index contributed by atoms with van der Waals surface area (Å²) in [7, 11) is 2.03. The van der Waals surface area contributed by atoms with Crippen molar-refractivity contribution in [3.05, 3.63) is 58.4 Å². The summed E-state index contributed by atoms with van der Waals surface area (Å²) in [6.45, 7) is 4.04. The fraction of sp³-hybridized carbons (Fsp3) is 0.444. The summed E-state index contributed by atoms with van der Waals surface area (Å²) in [6.07, 6.45) is 4.00. The van der Waals surface area contributed by atoms with Gasteiger partial charge in [0.25, 0.3) is 0 Å². The third-order valence-corrected chi connectivity index (χ3v) is 4.59. The normalized spacial score (nSPS) is 16.5. The van der Waals surface area contributed by atoms with E-state index in [0.717, 1.165) is 17.3 Å². The van der Waals surface area contributed by atoms with Gasteiger partial charge in [0, 0.05) is 0 Å². The van der Waals surface area contributed by atoms with E-state index in [0.29, 0.717) is 0 Å². The van der Waals surface area contributed by atoms with Gasteiger partial charge in [0.2, 0.25) is 0 Å². The molecule has 1 N–H and O–H groups in total. The zero-order chi connectivity index (χ0) is 14.8. The summed E-state index contributed by atoms with van der Waals surface area (Å²) in [6, 6.07) is 11.2. The number of aryl methyl sites for hydroxylation is 2. The Morgan fingerprint density at radius 3 is 2.52 bits per heavy atom. The molecular weight excluding hydrogens is 258 g/mol. The van der Waals surface area contributed by atoms with Gasteiger partial charge >= 0.3 is 0 Å². The van der Waals surface area contributed by atoms with Crippen LogP contribution >= 0.6 is 0 Å². The minimum Gasteiger partial charge on any atom is -0.309 e. The lowest BCUT2D eigenvalue weighted by atomic mass is 9.76. The molecule has 1 saturated carbocycles. The number of hydrogen-bond donors (Lipinski definition) is 1. The number of benzene rings is 1. The Bertz CT molecular complexity index is 632. The first-order valence-corrected chi connectivity index (χ1v) is 7.77. The maximum atomic E-state index is 4.29. The summed E-state index contributed by atoms with van der Waals surface area (Å²) >= 11 is 0. The highest BCUT2D eigenvalue weighted by atomic mass is 15.1. The second-order valence-electron chi connectivity index (χ2n) is 6.00. The molecule has 1 aliphatic carbocycles. The largest absolute Gasteiger partial charge is 0.309 e. The first-order chi connectivity index (χ1) is 10.2. The van der Waals surface area contributed by atoms with E-state index in [9.17, 15) is 0 Å². The molecule has 21 heavy (non-hydrogen) atoms. The van der Waals surface area contributed by atoms with E-state index < -0.39 is 0 Å². The van der Waals surface area contributed by atoms with Gasteiger partial charge in [-0.1, -0.05) is 30.7 Å². The lowest BCUT2D eigenvalue weighted by Crippen LogP contribution is -2.23. The van der Waals surface area contributed by atoms with Crippen molar-refractivity contribution in [3.63, 3.8) is 0 Å². The van der Waals surface area contributed by atoms with Gasteiger partial charge in [0.05, 0.1) is 17.4 Å². The van der Waals surface area contributed by atoms with Crippen LogP contribution in [0.4, 0.5) is 0 Å². The van der Waals surface area contributed by atoms with Crippen molar-refractivity contribution in [2.45, 2.75) is 45.1 Å². The fourth-order valence-corrected chi connectivity index (χ4v) is 3.21. The lowest BCUT2D eigenvalue weighted by Gasteiger charge is -2.31. The van der Waals surface area contributed by atoms with E-state index in [4.69, 9.17) is 0 Å². The van der Waals surface area contributed by atoms with Gasteiger partial charge < -0.3 is 5.32 Å². The van der Waals surface area contributed by atoms with Crippen LogP contribution in [0.5, 0.6) is 0 Å². The van der Waals surface area contributed by atoms with Crippen LogP contribution in [0.15, 0.2) is 30.3 Å². The van der Waals surface area contributed by atoms with Crippen molar-refractivity contribution in [1.29, 1.82) is 0 Å². The van der Waals surface area contributed by atoms with Crippen molar-refractivity contribution in [3.8, 4) is 0 Å². The monoisotopic (exact) mass is 281 g/mol. The topological polar surface area (TPSA) is 37.8 Å². The standard InChI is InChI=1S/C18H23N3/c1-12-11-17(13(2)21-20-12)18(19-3)16-10-5-4-9-15(16)14-7-6-8-14/h4-5,9-11,14,18-19H,6-8H2,1-3H3. The van der Waals surface area contributed by atoms with Crippen LogP contribution in [0.2, 0.25) is 0 Å². The molecule has 1 fully saturated rings. The highest BCUT2D eigenvalue weighted by molar-refractivity contribution is 5.41.